The van der Waals surface area contributed by atoms with Gasteiger partial charge in [0.2, 0.25) is 0 Å². The van der Waals surface area contributed by atoms with E-state index in [0.29, 0.717) is 12.3 Å². The zero-order valence-corrected chi connectivity index (χ0v) is 10.9. The average molecular weight is 247 g/mol. The number of ether oxygens (including phenoxy) is 1. The van der Waals surface area contributed by atoms with Crippen LogP contribution in [0.15, 0.2) is 30.3 Å². The van der Waals surface area contributed by atoms with E-state index >= 15 is 0 Å². The Morgan fingerprint density at radius 3 is 2.50 bits per heavy atom. The SMILES string of the molecule is COC(=O)CC1(N)CCC(c2ccccc2)CC1. The highest BCUT2D eigenvalue weighted by molar-refractivity contribution is 5.70. The second kappa shape index (κ2) is 5.53. The van der Waals surface area contributed by atoms with Crippen molar-refractivity contribution in [1.82, 2.24) is 0 Å². The van der Waals surface area contributed by atoms with Gasteiger partial charge in [-0.05, 0) is 37.2 Å². The summed E-state index contributed by atoms with van der Waals surface area (Å²) in [6, 6.07) is 10.5. The Bertz CT molecular complexity index is 394. The highest BCUT2D eigenvalue weighted by atomic mass is 16.5. The zero-order valence-electron chi connectivity index (χ0n) is 10.9. The van der Waals surface area contributed by atoms with Gasteiger partial charge in [-0.2, -0.15) is 0 Å². The normalized spacial score (nSPS) is 27.8. The molecule has 0 bridgehead atoms. The Morgan fingerprint density at radius 1 is 1.33 bits per heavy atom. The van der Waals surface area contributed by atoms with Crippen molar-refractivity contribution < 1.29 is 9.53 Å². The second-order valence-corrected chi connectivity index (χ2v) is 5.30. The number of rotatable bonds is 3. The number of nitrogens with two attached hydrogens (primary N) is 1. The van der Waals surface area contributed by atoms with Crippen LogP contribution in [0.5, 0.6) is 0 Å². The highest BCUT2D eigenvalue weighted by Gasteiger charge is 2.34. The van der Waals surface area contributed by atoms with Gasteiger partial charge in [0.05, 0.1) is 13.5 Å². The molecule has 18 heavy (non-hydrogen) atoms. The lowest BCUT2D eigenvalue weighted by Gasteiger charge is -2.36. The van der Waals surface area contributed by atoms with Crippen molar-refractivity contribution in [1.29, 1.82) is 0 Å². The smallest absolute Gasteiger partial charge is 0.307 e. The van der Waals surface area contributed by atoms with Crippen LogP contribution in [0.25, 0.3) is 0 Å². The van der Waals surface area contributed by atoms with Crippen molar-refractivity contribution >= 4 is 5.97 Å². The molecule has 1 saturated carbocycles. The molecule has 1 aliphatic rings. The lowest BCUT2D eigenvalue weighted by atomic mass is 9.73. The quantitative estimate of drug-likeness (QED) is 0.835. The topological polar surface area (TPSA) is 52.3 Å². The van der Waals surface area contributed by atoms with Crippen LogP contribution in [0.2, 0.25) is 0 Å². The summed E-state index contributed by atoms with van der Waals surface area (Å²) in [6.45, 7) is 0. The van der Waals surface area contributed by atoms with Crippen molar-refractivity contribution in [2.45, 2.75) is 43.6 Å². The molecule has 2 N–H and O–H groups in total. The summed E-state index contributed by atoms with van der Waals surface area (Å²) in [5.41, 5.74) is 7.30. The Hall–Kier alpha value is -1.35. The molecule has 1 fully saturated rings. The maximum absolute atomic E-state index is 11.3. The van der Waals surface area contributed by atoms with Crippen LogP contribution >= 0.6 is 0 Å². The first-order chi connectivity index (χ1) is 8.63. The predicted molar refractivity (Wildman–Crippen MR) is 71.2 cm³/mol. The van der Waals surface area contributed by atoms with Gasteiger partial charge in [-0.1, -0.05) is 30.3 Å². The monoisotopic (exact) mass is 247 g/mol. The molecule has 3 heteroatoms. The van der Waals surface area contributed by atoms with E-state index in [2.05, 4.69) is 24.3 Å². The maximum atomic E-state index is 11.3. The fourth-order valence-electron chi connectivity index (χ4n) is 2.79. The van der Waals surface area contributed by atoms with Crippen molar-refractivity contribution in [2.75, 3.05) is 7.11 Å². The summed E-state index contributed by atoms with van der Waals surface area (Å²) < 4.78 is 4.71. The molecule has 0 unspecified atom stereocenters. The fourth-order valence-corrected chi connectivity index (χ4v) is 2.79. The summed E-state index contributed by atoms with van der Waals surface area (Å²) in [5.74, 6) is 0.385. The number of hydrogen-bond acceptors (Lipinski definition) is 3. The van der Waals surface area contributed by atoms with Crippen molar-refractivity contribution in [3.8, 4) is 0 Å². The van der Waals surface area contributed by atoms with Crippen LogP contribution in [-0.2, 0) is 9.53 Å². The molecule has 0 heterocycles. The zero-order chi connectivity index (χ0) is 13.0. The maximum Gasteiger partial charge on any atom is 0.307 e. The largest absolute Gasteiger partial charge is 0.469 e. The van der Waals surface area contributed by atoms with E-state index in [0.717, 1.165) is 25.7 Å². The summed E-state index contributed by atoms with van der Waals surface area (Å²) in [6.07, 6.45) is 4.23. The van der Waals surface area contributed by atoms with Gasteiger partial charge < -0.3 is 10.5 Å². The minimum atomic E-state index is -0.363. The minimum Gasteiger partial charge on any atom is -0.469 e. The molecular weight excluding hydrogens is 226 g/mol. The average Bonchev–Trinajstić information content (AvgIpc) is 2.40. The predicted octanol–water partition coefficient (Wildman–Crippen LogP) is 2.60. The first-order valence-electron chi connectivity index (χ1n) is 6.54. The first kappa shape index (κ1) is 13.1. The molecule has 0 spiro atoms. The molecular formula is C15H21NO2. The van der Waals surface area contributed by atoms with Gasteiger partial charge >= 0.3 is 5.97 Å². The number of benzene rings is 1. The molecule has 0 amide bonds. The number of carbonyl (C=O) groups is 1. The van der Waals surface area contributed by atoms with Crippen LogP contribution in [0.3, 0.4) is 0 Å². The molecule has 0 radical (unpaired) electrons. The van der Waals surface area contributed by atoms with Crippen LogP contribution in [0, 0.1) is 0 Å². The molecule has 98 valence electrons. The molecule has 0 aromatic heterocycles. The third kappa shape index (κ3) is 3.10. The van der Waals surface area contributed by atoms with Crippen LogP contribution in [-0.4, -0.2) is 18.6 Å². The molecule has 3 nitrogen and oxygen atoms in total. The Kier molecular flexibility index (Phi) is 4.02. The Balaban J connectivity index is 1.93. The molecule has 0 atom stereocenters. The summed E-state index contributed by atoms with van der Waals surface area (Å²) in [5, 5.41) is 0. The molecule has 1 aliphatic carbocycles. The van der Waals surface area contributed by atoms with Crippen molar-refractivity contribution in [3.05, 3.63) is 35.9 Å². The third-order valence-corrected chi connectivity index (χ3v) is 3.98. The van der Waals surface area contributed by atoms with Crippen LogP contribution < -0.4 is 5.73 Å². The summed E-state index contributed by atoms with van der Waals surface area (Å²) >= 11 is 0. The van der Waals surface area contributed by atoms with E-state index in [9.17, 15) is 4.79 Å². The minimum absolute atomic E-state index is 0.198. The molecule has 1 aromatic rings. The molecule has 1 aromatic carbocycles. The molecule has 0 saturated heterocycles. The fraction of sp³-hybridized carbons (Fsp3) is 0.533. The molecule has 0 aliphatic heterocycles. The van der Waals surface area contributed by atoms with Gasteiger partial charge in [-0.3, -0.25) is 4.79 Å². The van der Waals surface area contributed by atoms with E-state index in [1.165, 1.54) is 12.7 Å². The van der Waals surface area contributed by atoms with Crippen LogP contribution in [0.4, 0.5) is 0 Å². The van der Waals surface area contributed by atoms with E-state index in [4.69, 9.17) is 10.5 Å². The van der Waals surface area contributed by atoms with Gasteiger partial charge in [0, 0.05) is 5.54 Å². The Morgan fingerprint density at radius 2 is 1.94 bits per heavy atom. The number of carbonyl (C=O) groups excluding carboxylic acids is 1. The van der Waals surface area contributed by atoms with Gasteiger partial charge in [0.15, 0.2) is 0 Å². The second-order valence-electron chi connectivity index (χ2n) is 5.30. The van der Waals surface area contributed by atoms with Crippen molar-refractivity contribution in [2.24, 2.45) is 5.73 Å². The number of hydrogen-bond donors (Lipinski definition) is 1. The van der Waals surface area contributed by atoms with Gasteiger partial charge in [-0.15, -0.1) is 0 Å². The van der Waals surface area contributed by atoms with E-state index in [-0.39, 0.29) is 11.5 Å². The van der Waals surface area contributed by atoms with E-state index in [1.54, 1.807) is 0 Å². The summed E-state index contributed by atoms with van der Waals surface area (Å²) in [7, 11) is 1.42. The number of methoxy groups -OCH3 is 1. The van der Waals surface area contributed by atoms with E-state index < -0.39 is 0 Å². The lowest BCUT2D eigenvalue weighted by molar-refractivity contribution is -0.142. The molecule has 2 rings (SSSR count). The highest BCUT2D eigenvalue weighted by Crippen LogP contribution is 2.38. The van der Waals surface area contributed by atoms with Gasteiger partial charge in [-0.25, -0.2) is 0 Å². The van der Waals surface area contributed by atoms with Gasteiger partial charge in [0.25, 0.3) is 0 Å². The Labute approximate surface area is 108 Å². The number of esters is 1. The summed E-state index contributed by atoms with van der Waals surface area (Å²) in [4.78, 5) is 11.3. The first-order valence-corrected chi connectivity index (χ1v) is 6.54. The van der Waals surface area contributed by atoms with Crippen LogP contribution in [0.1, 0.15) is 43.6 Å². The third-order valence-electron chi connectivity index (χ3n) is 3.98. The van der Waals surface area contributed by atoms with Gasteiger partial charge in [0.1, 0.15) is 0 Å². The lowest BCUT2D eigenvalue weighted by Crippen LogP contribution is -2.45. The van der Waals surface area contributed by atoms with E-state index in [1.807, 2.05) is 6.07 Å². The standard InChI is InChI=1S/C15H21NO2/c1-18-14(17)11-15(16)9-7-13(8-10-15)12-5-3-2-4-6-12/h2-6,13H,7-11,16H2,1H3. The van der Waals surface area contributed by atoms with Crippen molar-refractivity contribution in [3.63, 3.8) is 0 Å².